The fraction of sp³-hybridized carbons (Fsp3) is 0.500. The van der Waals surface area contributed by atoms with Crippen LogP contribution in [0.4, 0.5) is 4.79 Å². The van der Waals surface area contributed by atoms with E-state index >= 15 is 0 Å². The molecule has 1 aliphatic heterocycles. The molecule has 1 aliphatic rings. The van der Waals surface area contributed by atoms with Gasteiger partial charge in [-0.15, -0.1) is 0 Å². The lowest BCUT2D eigenvalue weighted by Gasteiger charge is -2.38. The summed E-state index contributed by atoms with van der Waals surface area (Å²) >= 11 is 0. The summed E-state index contributed by atoms with van der Waals surface area (Å²) < 4.78 is 10.5. The first-order chi connectivity index (χ1) is 10.7. The van der Waals surface area contributed by atoms with E-state index in [4.69, 9.17) is 9.47 Å². The fourth-order valence-electron chi connectivity index (χ4n) is 2.55. The molecule has 0 saturated carbocycles. The normalized spacial score (nSPS) is 20.0. The van der Waals surface area contributed by atoms with E-state index in [0.29, 0.717) is 12.4 Å². The monoisotopic (exact) mass is 303 g/mol. The third kappa shape index (κ3) is 4.79. The predicted octanol–water partition coefficient (Wildman–Crippen LogP) is 3.82. The molecule has 1 amide bonds. The van der Waals surface area contributed by atoms with Crippen LogP contribution in [0.15, 0.2) is 42.7 Å². The molecule has 1 aromatic rings. The van der Waals surface area contributed by atoms with Gasteiger partial charge < -0.3 is 14.8 Å². The van der Waals surface area contributed by atoms with Crippen molar-refractivity contribution < 1.29 is 14.3 Å². The van der Waals surface area contributed by atoms with Crippen molar-refractivity contribution in [2.45, 2.75) is 51.2 Å². The van der Waals surface area contributed by atoms with Crippen molar-refractivity contribution in [2.24, 2.45) is 0 Å². The summed E-state index contributed by atoms with van der Waals surface area (Å²) in [6.45, 7) is 6.22. The second-order valence-electron chi connectivity index (χ2n) is 5.59. The number of aryl methyl sites for hydroxylation is 1. The first-order valence-electron chi connectivity index (χ1n) is 8.03. The molecule has 2 rings (SSSR count). The molecule has 22 heavy (non-hydrogen) atoms. The zero-order valence-corrected chi connectivity index (χ0v) is 13.2. The summed E-state index contributed by atoms with van der Waals surface area (Å²) in [4.78, 5) is 11.7. The maximum Gasteiger partial charge on any atom is 0.407 e. The molecule has 4 nitrogen and oxygen atoms in total. The standard InChI is InChI=1S/C18H25NO3/c1-3-16-17(14(2)22-16)19-18(20)21-13-9-5-8-12-15-10-6-4-7-11-15/h4,6-7,10-11,16-17H,2-3,5,8-9,12-13H2,1H3,(H,19,20). The van der Waals surface area contributed by atoms with Crippen LogP contribution < -0.4 is 5.32 Å². The van der Waals surface area contributed by atoms with Gasteiger partial charge in [-0.05, 0) is 37.7 Å². The molecule has 2 unspecified atom stereocenters. The lowest BCUT2D eigenvalue weighted by Crippen LogP contribution is -2.53. The number of ether oxygens (including phenoxy) is 2. The highest BCUT2D eigenvalue weighted by Gasteiger charge is 2.37. The van der Waals surface area contributed by atoms with Gasteiger partial charge in [0, 0.05) is 0 Å². The summed E-state index contributed by atoms with van der Waals surface area (Å²) in [6, 6.07) is 10.3. The second-order valence-corrected chi connectivity index (χ2v) is 5.59. The van der Waals surface area contributed by atoms with Crippen LogP contribution in [-0.2, 0) is 15.9 Å². The molecule has 0 aromatic heterocycles. The van der Waals surface area contributed by atoms with Crippen molar-refractivity contribution in [3.8, 4) is 0 Å². The Kier molecular flexibility index (Phi) is 6.31. The molecular formula is C18H25NO3. The van der Waals surface area contributed by atoms with E-state index < -0.39 is 0 Å². The molecule has 1 heterocycles. The Morgan fingerprint density at radius 2 is 2.05 bits per heavy atom. The Hall–Kier alpha value is -1.97. The Bertz CT molecular complexity index is 486. The first kappa shape index (κ1) is 16.4. The topological polar surface area (TPSA) is 47.6 Å². The van der Waals surface area contributed by atoms with E-state index in [1.165, 1.54) is 5.56 Å². The van der Waals surface area contributed by atoms with Gasteiger partial charge in [0.15, 0.2) is 0 Å². The number of carbonyl (C=O) groups is 1. The molecule has 1 aromatic carbocycles. The minimum absolute atomic E-state index is 0.0333. The highest BCUT2D eigenvalue weighted by Crippen LogP contribution is 2.25. The van der Waals surface area contributed by atoms with E-state index in [2.05, 4.69) is 36.2 Å². The van der Waals surface area contributed by atoms with Crippen LogP contribution in [-0.4, -0.2) is 24.8 Å². The third-order valence-corrected chi connectivity index (χ3v) is 3.88. The van der Waals surface area contributed by atoms with Gasteiger partial charge in [0.2, 0.25) is 0 Å². The zero-order valence-electron chi connectivity index (χ0n) is 13.2. The fourth-order valence-corrected chi connectivity index (χ4v) is 2.55. The van der Waals surface area contributed by atoms with Crippen molar-refractivity contribution in [1.29, 1.82) is 0 Å². The summed E-state index contributed by atoms with van der Waals surface area (Å²) in [6.07, 6.45) is 4.63. The molecule has 120 valence electrons. The highest BCUT2D eigenvalue weighted by molar-refractivity contribution is 5.68. The van der Waals surface area contributed by atoms with Crippen LogP contribution in [0.1, 0.15) is 38.2 Å². The third-order valence-electron chi connectivity index (χ3n) is 3.88. The second kappa shape index (κ2) is 8.47. The number of amides is 1. The van der Waals surface area contributed by atoms with Gasteiger partial charge in [0.1, 0.15) is 17.9 Å². The minimum atomic E-state index is -0.379. The van der Waals surface area contributed by atoms with Crippen LogP contribution in [0.5, 0.6) is 0 Å². The Morgan fingerprint density at radius 1 is 1.27 bits per heavy atom. The Morgan fingerprint density at radius 3 is 2.73 bits per heavy atom. The minimum Gasteiger partial charge on any atom is -0.490 e. The largest absolute Gasteiger partial charge is 0.490 e. The maximum absolute atomic E-state index is 11.7. The van der Waals surface area contributed by atoms with Crippen molar-refractivity contribution in [2.75, 3.05) is 6.61 Å². The average Bonchev–Trinajstić information content (AvgIpc) is 2.54. The van der Waals surface area contributed by atoms with E-state index in [9.17, 15) is 4.79 Å². The van der Waals surface area contributed by atoms with Gasteiger partial charge in [0.05, 0.1) is 6.61 Å². The van der Waals surface area contributed by atoms with E-state index in [1.54, 1.807) is 0 Å². The van der Waals surface area contributed by atoms with Crippen molar-refractivity contribution in [3.05, 3.63) is 48.2 Å². The number of nitrogens with one attached hydrogen (secondary N) is 1. The van der Waals surface area contributed by atoms with Crippen molar-refractivity contribution in [3.63, 3.8) is 0 Å². The van der Waals surface area contributed by atoms with E-state index in [1.807, 2.05) is 13.0 Å². The average molecular weight is 303 g/mol. The van der Waals surface area contributed by atoms with Crippen LogP contribution in [0.25, 0.3) is 0 Å². The summed E-state index contributed by atoms with van der Waals surface area (Å²) in [5.74, 6) is 0.617. The molecule has 1 fully saturated rings. The lowest BCUT2D eigenvalue weighted by atomic mass is 10.0. The summed E-state index contributed by atoms with van der Waals surface area (Å²) in [7, 11) is 0. The number of unbranched alkanes of at least 4 members (excludes halogenated alkanes) is 2. The Labute approximate surface area is 132 Å². The maximum atomic E-state index is 11.7. The number of alkyl carbamates (subject to hydrolysis) is 1. The van der Waals surface area contributed by atoms with E-state index in [-0.39, 0.29) is 18.2 Å². The molecule has 0 bridgehead atoms. The molecule has 0 radical (unpaired) electrons. The molecule has 4 heteroatoms. The van der Waals surface area contributed by atoms with Gasteiger partial charge in [-0.2, -0.15) is 0 Å². The molecule has 1 N–H and O–H groups in total. The quantitative estimate of drug-likeness (QED) is 0.743. The predicted molar refractivity (Wildman–Crippen MR) is 86.6 cm³/mol. The molecule has 2 atom stereocenters. The summed E-state index contributed by atoms with van der Waals surface area (Å²) in [5, 5.41) is 2.80. The van der Waals surface area contributed by atoms with Gasteiger partial charge in [-0.1, -0.05) is 43.8 Å². The van der Waals surface area contributed by atoms with Crippen LogP contribution in [0.3, 0.4) is 0 Å². The number of benzene rings is 1. The smallest absolute Gasteiger partial charge is 0.407 e. The van der Waals surface area contributed by atoms with Gasteiger partial charge >= 0.3 is 6.09 Å². The van der Waals surface area contributed by atoms with E-state index in [0.717, 1.165) is 32.1 Å². The number of hydrogen-bond acceptors (Lipinski definition) is 3. The zero-order chi connectivity index (χ0) is 15.8. The lowest BCUT2D eigenvalue weighted by molar-refractivity contribution is -0.0187. The Balaban J connectivity index is 1.51. The van der Waals surface area contributed by atoms with Gasteiger partial charge in [0.25, 0.3) is 0 Å². The van der Waals surface area contributed by atoms with Crippen LogP contribution in [0.2, 0.25) is 0 Å². The van der Waals surface area contributed by atoms with Gasteiger partial charge in [-0.3, -0.25) is 0 Å². The molecule has 0 spiro atoms. The SMILES string of the molecule is C=C1OC(CC)C1NC(=O)OCCCCCc1ccccc1. The van der Waals surface area contributed by atoms with Crippen molar-refractivity contribution >= 4 is 6.09 Å². The summed E-state index contributed by atoms with van der Waals surface area (Å²) in [5.41, 5.74) is 1.36. The first-order valence-corrected chi connectivity index (χ1v) is 8.03. The number of carbonyl (C=O) groups excluding carboxylic acids is 1. The van der Waals surface area contributed by atoms with Crippen LogP contribution >= 0.6 is 0 Å². The highest BCUT2D eigenvalue weighted by atomic mass is 16.6. The molecule has 1 saturated heterocycles. The van der Waals surface area contributed by atoms with Gasteiger partial charge in [-0.25, -0.2) is 4.79 Å². The number of hydrogen-bond donors (Lipinski definition) is 1. The molecular weight excluding hydrogens is 278 g/mol. The van der Waals surface area contributed by atoms with Crippen molar-refractivity contribution in [1.82, 2.24) is 5.32 Å². The molecule has 0 aliphatic carbocycles. The number of rotatable bonds is 8. The van der Waals surface area contributed by atoms with Crippen LogP contribution in [0, 0.1) is 0 Å².